The minimum Gasteiger partial charge on any atom is -0.461 e. The Morgan fingerprint density at radius 3 is 2.70 bits per heavy atom. The van der Waals surface area contributed by atoms with Crippen molar-refractivity contribution in [3.8, 4) is 0 Å². The van der Waals surface area contributed by atoms with Crippen molar-refractivity contribution >= 4 is 11.8 Å². The summed E-state index contributed by atoms with van der Waals surface area (Å²) in [7, 11) is 0. The average Bonchev–Trinajstić information content (AvgIpc) is 2.87. The Labute approximate surface area is 134 Å². The lowest BCUT2D eigenvalue weighted by Gasteiger charge is -2.25. The lowest BCUT2D eigenvalue weighted by Crippen LogP contribution is -2.41. The smallest absolute Gasteiger partial charge is 0.321 e. The van der Waals surface area contributed by atoms with Crippen LogP contribution in [0.15, 0.2) is 61.4 Å². The third-order valence-electron chi connectivity index (χ3n) is 4.17. The fourth-order valence-electron chi connectivity index (χ4n) is 3.06. The van der Waals surface area contributed by atoms with Crippen molar-refractivity contribution < 1.29 is 14.3 Å². The van der Waals surface area contributed by atoms with Crippen LogP contribution in [0.1, 0.15) is 21.5 Å². The van der Waals surface area contributed by atoms with Crippen molar-refractivity contribution in [3.63, 3.8) is 0 Å². The molecule has 2 aromatic rings. The van der Waals surface area contributed by atoms with Crippen LogP contribution < -0.4 is 0 Å². The number of hydrogen-bond acceptors (Lipinski definition) is 4. The van der Waals surface area contributed by atoms with Gasteiger partial charge in [-0.2, -0.15) is 0 Å². The molecular weight excluding hydrogens is 290 g/mol. The molecule has 1 aliphatic rings. The summed E-state index contributed by atoms with van der Waals surface area (Å²) in [5.41, 5.74) is 1.18. The van der Waals surface area contributed by atoms with Crippen LogP contribution in [0.2, 0.25) is 0 Å². The lowest BCUT2D eigenvalue weighted by atomic mass is 9.78. The van der Waals surface area contributed by atoms with E-state index >= 15 is 0 Å². The van der Waals surface area contributed by atoms with E-state index in [-0.39, 0.29) is 12.4 Å². The van der Waals surface area contributed by atoms with E-state index in [9.17, 15) is 9.59 Å². The molecule has 1 aromatic carbocycles. The first-order valence-corrected chi connectivity index (χ1v) is 7.47. The first-order chi connectivity index (χ1) is 11.2. The van der Waals surface area contributed by atoms with Crippen molar-refractivity contribution in [3.05, 3.63) is 78.1 Å². The molecule has 4 nitrogen and oxygen atoms in total. The summed E-state index contributed by atoms with van der Waals surface area (Å²) < 4.78 is 5.26. The third kappa shape index (κ3) is 2.68. The van der Waals surface area contributed by atoms with Crippen LogP contribution in [-0.4, -0.2) is 23.3 Å². The Balaban J connectivity index is 2.00. The SMILES string of the molecule is C=CCOC(=O)C1(Cc2ccncc2)Cc2ccccc2C1=O. The molecular formula is C19H17NO3. The summed E-state index contributed by atoms with van der Waals surface area (Å²) in [5.74, 6) is -0.658. The highest BCUT2D eigenvalue weighted by atomic mass is 16.5. The van der Waals surface area contributed by atoms with Crippen molar-refractivity contribution in [2.75, 3.05) is 6.61 Å². The second kappa shape index (κ2) is 6.16. The predicted octanol–water partition coefficient (Wildman–Crippen LogP) is 2.78. The maximum absolute atomic E-state index is 13.0. The quantitative estimate of drug-likeness (QED) is 0.484. The Kier molecular flexibility index (Phi) is 4.06. The summed E-state index contributed by atoms with van der Waals surface area (Å²) in [4.78, 5) is 29.7. The van der Waals surface area contributed by atoms with Crippen LogP contribution in [0.25, 0.3) is 0 Å². The van der Waals surface area contributed by atoms with Gasteiger partial charge in [-0.25, -0.2) is 0 Å². The number of pyridine rings is 1. The van der Waals surface area contributed by atoms with Gasteiger partial charge >= 0.3 is 5.97 Å². The van der Waals surface area contributed by atoms with Gasteiger partial charge in [0, 0.05) is 18.0 Å². The number of Topliss-reactive ketones (excluding diaryl/α,β-unsaturated/α-hetero) is 1. The standard InChI is InChI=1S/C19H17NO3/c1-2-11-23-18(22)19(12-14-7-9-20-10-8-14)13-15-5-3-4-6-16(15)17(19)21/h2-10H,1,11-13H2. The van der Waals surface area contributed by atoms with Gasteiger partial charge in [0.2, 0.25) is 0 Å². The second-order valence-electron chi connectivity index (χ2n) is 5.66. The number of ketones is 1. The van der Waals surface area contributed by atoms with Crippen LogP contribution in [0.3, 0.4) is 0 Å². The molecule has 23 heavy (non-hydrogen) atoms. The molecule has 0 aliphatic heterocycles. The molecule has 4 heteroatoms. The third-order valence-corrected chi connectivity index (χ3v) is 4.17. The van der Waals surface area contributed by atoms with Crippen LogP contribution in [0, 0.1) is 5.41 Å². The molecule has 3 rings (SSSR count). The normalized spacial score (nSPS) is 19.2. The highest BCUT2D eigenvalue weighted by Crippen LogP contribution is 2.40. The average molecular weight is 307 g/mol. The molecule has 116 valence electrons. The minimum atomic E-state index is -1.20. The number of esters is 1. The van der Waals surface area contributed by atoms with E-state index in [4.69, 9.17) is 4.74 Å². The van der Waals surface area contributed by atoms with Gasteiger partial charge in [0.1, 0.15) is 12.0 Å². The molecule has 0 spiro atoms. The number of hydrogen-bond donors (Lipinski definition) is 0. The second-order valence-corrected chi connectivity index (χ2v) is 5.66. The summed E-state index contributed by atoms with van der Waals surface area (Å²) in [5, 5.41) is 0. The van der Waals surface area contributed by atoms with Crippen LogP contribution in [-0.2, 0) is 22.4 Å². The Morgan fingerprint density at radius 2 is 2.00 bits per heavy atom. The zero-order chi connectivity index (χ0) is 16.3. The highest BCUT2D eigenvalue weighted by molar-refractivity contribution is 6.16. The Hall–Kier alpha value is -2.75. The number of benzene rings is 1. The van der Waals surface area contributed by atoms with Gasteiger partial charge in [-0.3, -0.25) is 14.6 Å². The molecule has 1 atom stereocenters. The molecule has 0 fully saturated rings. The van der Waals surface area contributed by atoms with Crippen LogP contribution in [0.5, 0.6) is 0 Å². The van der Waals surface area contributed by atoms with Crippen molar-refractivity contribution in [2.45, 2.75) is 12.8 Å². The highest BCUT2D eigenvalue weighted by Gasteiger charge is 2.52. The molecule has 0 radical (unpaired) electrons. The molecule has 0 bridgehead atoms. The van der Waals surface area contributed by atoms with Gasteiger partial charge in [-0.15, -0.1) is 0 Å². The van der Waals surface area contributed by atoms with Gasteiger partial charge in [0.05, 0.1) is 0 Å². The number of ether oxygens (including phenoxy) is 1. The molecule has 0 saturated heterocycles. The van der Waals surface area contributed by atoms with Gasteiger partial charge in [0.15, 0.2) is 5.78 Å². The number of carbonyl (C=O) groups is 2. The maximum atomic E-state index is 13.0. The molecule has 1 heterocycles. The number of fused-ring (bicyclic) bond motifs is 1. The van der Waals surface area contributed by atoms with Crippen molar-refractivity contribution in [1.29, 1.82) is 0 Å². The number of aromatic nitrogens is 1. The van der Waals surface area contributed by atoms with Crippen molar-refractivity contribution in [1.82, 2.24) is 4.98 Å². The van der Waals surface area contributed by atoms with E-state index in [0.29, 0.717) is 18.4 Å². The molecule has 0 N–H and O–H groups in total. The molecule has 1 unspecified atom stereocenters. The largest absolute Gasteiger partial charge is 0.461 e. The number of rotatable bonds is 5. The zero-order valence-electron chi connectivity index (χ0n) is 12.7. The minimum absolute atomic E-state index is 0.0978. The summed E-state index contributed by atoms with van der Waals surface area (Å²) >= 11 is 0. The van der Waals surface area contributed by atoms with Crippen LogP contribution >= 0.6 is 0 Å². The zero-order valence-corrected chi connectivity index (χ0v) is 12.7. The van der Waals surface area contributed by atoms with E-state index in [1.807, 2.05) is 30.3 Å². The summed E-state index contributed by atoms with van der Waals surface area (Å²) in [6.07, 6.45) is 5.49. The molecule has 1 aliphatic carbocycles. The van der Waals surface area contributed by atoms with Gasteiger partial charge in [-0.1, -0.05) is 36.9 Å². The molecule has 1 aromatic heterocycles. The lowest BCUT2D eigenvalue weighted by molar-refractivity contribution is -0.151. The first kappa shape index (κ1) is 15.2. The Bertz CT molecular complexity index is 754. The first-order valence-electron chi connectivity index (χ1n) is 7.47. The fourth-order valence-corrected chi connectivity index (χ4v) is 3.06. The molecule has 0 saturated carbocycles. The number of carbonyl (C=O) groups excluding carboxylic acids is 2. The topological polar surface area (TPSA) is 56.3 Å². The predicted molar refractivity (Wildman–Crippen MR) is 86.0 cm³/mol. The van der Waals surface area contributed by atoms with E-state index in [2.05, 4.69) is 11.6 Å². The summed E-state index contributed by atoms with van der Waals surface area (Å²) in [6.45, 7) is 3.65. The molecule has 0 amide bonds. The number of nitrogens with zero attached hydrogens (tertiary/aromatic N) is 1. The Morgan fingerprint density at radius 1 is 1.26 bits per heavy atom. The summed E-state index contributed by atoms with van der Waals surface area (Å²) in [6, 6.07) is 11.0. The van der Waals surface area contributed by atoms with Gasteiger partial charge < -0.3 is 4.74 Å². The van der Waals surface area contributed by atoms with E-state index in [1.165, 1.54) is 6.08 Å². The van der Waals surface area contributed by atoms with Crippen LogP contribution in [0.4, 0.5) is 0 Å². The van der Waals surface area contributed by atoms with Gasteiger partial charge in [-0.05, 0) is 36.1 Å². The monoisotopic (exact) mass is 307 g/mol. The van der Waals surface area contributed by atoms with E-state index in [1.54, 1.807) is 18.5 Å². The maximum Gasteiger partial charge on any atom is 0.321 e. The van der Waals surface area contributed by atoms with E-state index < -0.39 is 11.4 Å². The van der Waals surface area contributed by atoms with Gasteiger partial charge in [0.25, 0.3) is 0 Å². The van der Waals surface area contributed by atoms with E-state index in [0.717, 1.165) is 11.1 Å². The fraction of sp³-hybridized carbons (Fsp3) is 0.211. The van der Waals surface area contributed by atoms with Crippen molar-refractivity contribution in [2.24, 2.45) is 5.41 Å².